The van der Waals surface area contributed by atoms with Gasteiger partial charge >= 0.3 is 0 Å². The summed E-state index contributed by atoms with van der Waals surface area (Å²) in [5.41, 5.74) is 0.0844. The molecule has 0 unspecified atom stereocenters. The zero-order valence-corrected chi connectivity index (χ0v) is 11.1. The highest BCUT2D eigenvalue weighted by Crippen LogP contribution is 2.28. The number of thioether (sulfide) groups is 1. The van der Waals surface area contributed by atoms with E-state index in [-0.39, 0.29) is 15.8 Å². The number of pyridine rings is 1. The van der Waals surface area contributed by atoms with Crippen molar-refractivity contribution in [3.05, 3.63) is 58.3 Å². The van der Waals surface area contributed by atoms with Crippen LogP contribution in [0.25, 0.3) is 0 Å². The van der Waals surface area contributed by atoms with Gasteiger partial charge < -0.3 is 0 Å². The smallest absolute Gasteiger partial charge is 0.144 e. The minimum Gasteiger partial charge on any atom is -0.265 e. The Labute approximate surface area is 110 Å². The maximum Gasteiger partial charge on any atom is 0.144 e. The van der Waals surface area contributed by atoms with E-state index < -0.39 is 11.6 Å². The molecule has 88 valence electrons. The molecular weight excluding hydrogens is 308 g/mol. The lowest BCUT2D eigenvalue weighted by atomic mass is 10.2. The fourth-order valence-corrected chi connectivity index (χ4v) is 2.55. The first-order valence-electron chi connectivity index (χ1n) is 4.83. The molecule has 1 aromatic heterocycles. The second-order valence-corrected chi connectivity index (χ2v) is 5.20. The van der Waals surface area contributed by atoms with Gasteiger partial charge in [0.1, 0.15) is 11.6 Å². The molecule has 0 fully saturated rings. The Hall–Kier alpha value is -0.940. The molecule has 0 aliphatic heterocycles. The van der Waals surface area contributed by atoms with Gasteiger partial charge in [-0.25, -0.2) is 8.78 Å². The highest BCUT2D eigenvalue weighted by Gasteiger charge is 2.12. The molecular formula is C12H8BrF2NS. The SMILES string of the molecule is Fc1ccc(Br)c(F)c1CSc1ccncc1. The summed E-state index contributed by atoms with van der Waals surface area (Å²) in [6.07, 6.45) is 3.30. The lowest BCUT2D eigenvalue weighted by molar-refractivity contribution is 0.562. The number of aromatic nitrogens is 1. The van der Waals surface area contributed by atoms with Crippen LogP contribution >= 0.6 is 27.7 Å². The van der Waals surface area contributed by atoms with Crippen LogP contribution in [0.5, 0.6) is 0 Å². The summed E-state index contributed by atoms with van der Waals surface area (Å²) in [5, 5.41) is 0. The van der Waals surface area contributed by atoms with Crippen molar-refractivity contribution in [2.24, 2.45) is 0 Å². The minimum atomic E-state index is -0.536. The van der Waals surface area contributed by atoms with Crippen LogP contribution in [-0.4, -0.2) is 4.98 Å². The van der Waals surface area contributed by atoms with Crippen molar-refractivity contribution in [1.82, 2.24) is 4.98 Å². The van der Waals surface area contributed by atoms with E-state index in [0.29, 0.717) is 0 Å². The zero-order valence-electron chi connectivity index (χ0n) is 8.66. The van der Waals surface area contributed by atoms with E-state index in [9.17, 15) is 8.78 Å². The van der Waals surface area contributed by atoms with E-state index in [2.05, 4.69) is 20.9 Å². The number of hydrogen-bond acceptors (Lipinski definition) is 2. The van der Waals surface area contributed by atoms with Crippen LogP contribution in [0.2, 0.25) is 0 Å². The van der Waals surface area contributed by atoms with Crippen LogP contribution in [-0.2, 0) is 5.75 Å². The van der Waals surface area contributed by atoms with Crippen molar-refractivity contribution < 1.29 is 8.78 Å². The van der Waals surface area contributed by atoms with Crippen LogP contribution in [0.1, 0.15) is 5.56 Å². The summed E-state index contributed by atoms with van der Waals surface area (Å²) < 4.78 is 27.4. The van der Waals surface area contributed by atoms with E-state index >= 15 is 0 Å². The first-order chi connectivity index (χ1) is 8.18. The molecule has 0 saturated carbocycles. The largest absolute Gasteiger partial charge is 0.265 e. The van der Waals surface area contributed by atoms with Gasteiger partial charge in [0.2, 0.25) is 0 Å². The summed E-state index contributed by atoms with van der Waals surface area (Å²) in [6, 6.07) is 6.23. The van der Waals surface area contributed by atoms with Crippen LogP contribution in [0.4, 0.5) is 8.78 Å². The molecule has 0 spiro atoms. The van der Waals surface area contributed by atoms with Crippen molar-refractivity contribution >= 4 is 27.7 Å². The lowest BCUT2D eigenvalue weighted by Crippen LogP contribution is -1.94. The van der Waals surface area contributed by atoms with E-state index in [1.54, 1.807) is 24.5 Å². The van der Waals surface area contributed by atoms with Crippen molar-refractivity contribution in [2.45, 2.75) is 10.6 Å². The second kappa shape index (κ2) is 5.60. The third kappa shape index (κ3) is 3.04. The fraction of sp³-hybridized carbons (Fsp3) is 0.0833. The molecule has 0 N–H and O–H groups in total. The van der Waals surface area contributed by atoms with Gasteiger partial charge in [-0.3, -0.25) is 4.98 Å². The minimum absolute atomic E-state index is 0.0844. The maximum absolute atomic E-state index is 13.7. The highest BCUT2D eigenvalue weighted by atomic mass is 79.9. The molecule has 1 aromatic carbocycles. The molecule has 2 rings (SSSR count). The Bertz CT molecular complexity index is 519. The molecule has 5 heteroatoms. The van der Waals surface area contributed by atoms with E-state index in [0.717, 1.165) is 4.90 Å². The standard InChI is InChI=1S/C12H8BrF2NS/c13-10-1-2-11(14)9(12(10)15)7-17-8-3-5-16-6-4-8/h1-6H,7H2. The van der Waals surface area contributed by atoms with Crippen molar-refractivity contribution in [3.63, 3.8) is 0 Å². The third-order valence-corrected chi connectivity index (χ3v) is 3.82. The first-order valence-corrected chi connectivity index (χ1v) is 6.61. The van der Waals surface area contributed by atoms with Gasteiger partial charge in [-0.15, -0.1) is 11.8 Å². The van der Waals surface area contributed by atoms with Crippen molar-refractivity contribution in [2.75, 3.05) is 0 Å². The maximum atomic E-state index is 13.7. The van der Waals surface area contributed by atoms with Crippen LogP contribution in [0, 0.1) is 11.6 Å². The molecule has 0 aliphatic carbocycles. The molecule has 0 bridgehead atoms. The fourth-order valence-electron chi connectivity index (χ4n) is 1.29. The predicted molar refractivity (Wildman–Crippen MR) is 67.9 cm³/mol. The van der Waals surface area contributed by atoms with Gasteiger partial charge in [0, 0.05) is 28.6 Å². The monoisotopic (exact) mass is 315 g/mol. The Morgan fingerprint density at radius 1 is 1.12 bits per heavy atom. The van der Waals surface area contributed by atoms with E-state index in [4.69, 9.17) is 0 Å². The van der Waals surface area contributed by atoms with Gasteiger partial charge in [0.25, 0.3) is 0 Å². The first kappa shape index (κ1) is 12.5. The van der Waals surface area contributed by atoms with Crippen molar-refractivity contribution in [1.29, 1.82) is 0 Å². The molecule has 2 aromatic rings. The normalized spacial score (nSPS) is 10.5. The van der Waals surface area contributed by atoms with E-state index in [1.807, 2.05) is 0 Å². The predicted octanol–water partition coefficient (Wildman–Crippen LogP) is 4.41. The van der Waals surface area contributed by atoms with Gasteiger partial charge in [-0.2, -0.15) is 0 Å². The molecule has 1 nitrogen and oxygen atoms in total. The Morgan fingerprint density at radius 3 is 2.53 bits per heavy atom. The summed E-state index contributed by atoms with van der Waals surface area (Å²) in [4.78, 5) is 4.81. The summed E-state index contributed by atoms with van der Waals surface area (Å²) >= 11 is 4.42. The van der Waals surface area contributed by atoms with Crippen LogP contribution < -0.4 is 0 Å². The average Bonchev–Trinajstić information content (AvgIpc) is 2.35. The number of rotatable bonds is 3. The Kier molecular flexibility index (Phi) is 4.12. The number of halogens is 3. The summed E-state index contributed by atoms with van der Waals surface area (Å²) in [7, 11) is 0. The summed E-state index contributed by atoms with van der Waals surface area (Å²) in [5.74, 6) is -0.806. The van der Waals surface area contributed by atoms with Gasteiger partial charge in [-0.1, -0.05) is 0 Å². The summed E-state index contributed by atoms with van der Waals surface area (Å²) in [6.45, 7) is 0. The van der Waals surface area contributed by atoms with Crippen LogP contribution in [0.3, 0.4) is 0 Å². The molecule has 0 aliphatic rings. The van der Waals surface area contributed by atoms with Gasteiger partial charge in [-0.05, 0) is 40.2 Å². The molecule has 0 saturated heterocycles. The van der Waals surface area contributed by atoms with Gasteiger partial charge in [0.15, 0.2) is 0 Å². The number of hydrogen-bond donors (Lipinski definition) is 0. The molecule has 0 atom stereocenters. The van der Waals surface area contributed by atoms with Gasteiger partial charge in [0.05, 0.1) is 4.47 Å². The number of benzene rings is 1. The van der Waals surface area contributed by atoms with Crippen LogP contribution in [0.15, 0.2) is 46.0 Å². The third-order valence-electron chi connectivity index (χ3n) is 2.17. The molecule has 17 heavy (non-hydrogen) atoms. The lowest BCUT2D eigenvalue weighted by Gasteiger charge is -2.06. The average molecular weight is 316 g/mol. The Balaban J connectivity index is 2.17. The highest BCUT2D eigenvalue weighted by molar-refractivity contribution is 9.10. The Morgan fingerprint density at radius 2 is 1.82 bits per heavy atom. The molecule has 1 heterocycles. The quantitative estimate of drug-likeness (QED) is 0.614. The topological polar surface area (TPSA) is 12.9 Å². The molecule has 0 radical (unpaired) electrons. The van der Waals surface area contributed by atoms with Crippen molar-refractivity contribution in [3.8, 4) is 0 Å². The second-order valence-electron chi connectivity index (χ2n) is 3.29. The zero-order chi connectivity index (χ0) is 12.3. The van der Waals surface area contributed by atoms with E-state index in [1.165, 1.54) is 23.9 Å². The molecule has 0 amide bonds. The number of nitrogens with zero attached hydrogens (tertiary/aromatic N) is 1.